The molecule has 7 rings (SSSR count). The monoisotopic (exact) mass is 628 g/mol. The number of likely N-dealkylation sites (N-methyl/N-ethyl adjacent to an activating group) is 1. The molecule has 0 aromatic heterocycles. The van der Waals surface area contributed by atoms with E-state index in [9.17, 15) is 19.2 Å². The third kappa shape index (κ3) is 7.28. The fourth-order valence-corrected chi connectivity index (χ4v) is 7.88. The van der Waals surface area contributed by atoms with Crippen LogP contribution in [0.2, 0.25) is 0 Å². The van der Waals surface area contributed by atoms with Crippen LogP contribution in [-0.2, 0) is 9.59 Å². The van der Waals surface area contributed by atoms with Crippen molar-refractivity contribution in [1.82, 2.24) is 20.4 Å². The van der Waals surface area contributed by atoms with Crippen molar-refractivity contribution in [3.8, 4) is 0 Å². The molecule has 2 aromatic carbocycles. The second-order valence-electron chi connectivity index (χ2n) is 14.3. The maximum atomic E-state index is 13.5. The van der Waals surface area contributed by atoms with E-state index in [-0.39, 0.29) is 41.1 Å². The van der Waals surface area contributed by atoms with E-state index in [0.29, 0.717) is 22.5 Å². The van der Waals surface area contributed by atoms with Gasteiger partial charge in [-0.1, -0.05) is 0 Å². The molecule has 46 heavy (non-hydrogen) atoms. The molecule has 4 amide bonds. The minimum absolute atomic E-state index is 0.0139. The topological polar surface area (TPSA) is 123 Å². The van der Waals surface area contributed by atoms with E-state index in [2.05, 4.69) is 38.1 Å². The summed E-state index contributed by atoms with van der Waals surface area (Å²) in [6.07, 6.45) is 8.41. The summed E-state index contributed by atoms with van der Waals surface area (Å²) in [5.41, 5.74) is 1.79. The highest BCUT2D eigenvalue weighted by molar-refractivity contribution is 5.99. The number of amides is 4. The molecule has 246 valence electrons. The van der Waals surface area contributed by atoms with Crippen LogP contribution in [0, 0.1) is 11.3 Å². The maximum Gasteiger partial charge on any atom is 0.251 e. The van der Waals surface area contributed by atoms with Crippen molar-refractivity contribution >= 4 is 35.0 Å². The molecule has 3 saturated carbocycles. The number of carbonyl (C=O) groups is 4. The Bertz CT molecular complexity index is 1420. The summed E-state index contributed by atoms with van der Waals surface area (Å²) in [5, 5.41) is 12.5. The lowest BCUT2D eigenvalue weighted by Crippen LogP contribution is -2.59. The van der Waals surface area contributed by atoms with Gasteiger partial charge in [0.2, 0.25) is 11.8 Å². The fourth-order valence-electron chi connectivity index (χ4n) is 7.88. The Morgan fingerprint density at radius 2 is 1.22 bits per heavy atom. The van der Waals surface area contributed by atoms with Crippen LogP contribution in [0.5, 0.6) is 0 Å². The molecule has 4 N–H and O–H groups in total. The van der Waals surface area contributed by atoms with Gasteiger partial charge in [0.1, 0.15) is 0 Å². The second kappa shape index (κ2) is 13.5. The quantitative estimate of drug-likeness (QED) is 0.347. The van der Waals surface area contributed by atoms with Gasteiger partial charge in [0.25, 0.3) is 11.8 Å². The third-order valence-corrected chi connectivity index (χ3v) is 10.9. The lowest BCUT2D eigenvalue weighted by atomic mass is 9.57. The van der Waals surface area contributed by atoms with Gasteiger partial charge in [0.05, 0.1) is 5.92 Å². The molecule has 5 aliphatic rings. The lowest BCUT2D eigenvalue weighted by Gasteiger charge is -2.52. The molecule has 0 radical (unpaired) electrons. The van der Waals surface area contributed by atoms with Crippen LogP contribution in [-0.4, -0.2) is 85.3 Å². The molecule has 10 heteroatoms. The summed E-state index contributed by atoms with van der Waals surface area (Å²) < 4.78 is 0. The molecule has 2 bridgehead atoms. The summed E-state index contributed by atoms with van der Waals surface area (Å²) in [7, 11) is 4.12. The van der Waals surface area contributed by atoms with Crippen LogP contribution in [0.25, 0.3) is 0 Å². The van der Waals surface area contributed by atoms with Gasteiger partial charge in [0, 0.05) is 52.6 Å². The first-order valence-corrected chi connectivity index (χ1v) is 17.0. The normalized spacial score (nSPS) is 28.2. The zero-order valence-corrected chi connectivity index (χ0v) is 27.2. The van der Waals surface area contributed by atoms with E-state index in [1.54, 1.807) is 48.5 Å². The van der Waals surface area contributed by atoms with Crippen LogP contribution in [0.15, 0.2) is 48.5 Å². The highest BCUT2D eigenvalue weighted by Gasteiger charge is 2.53. The van der Waals surface area contributed by atoms with Gasteiger partial charge in [-0.2, -0.15) is 0 Å². The number of fused-ring (bicyclic) bond motifs is 3. The van der Waals surface area contributed by atoms with E-state index in [0.717, 1.165) is 90.4 Å². The zero-order valence-electron chi connectivity index (χ0n) is 27.2. The van der Waals surface area contributed by atoms with Gasteiger partial charge in [-0.05, 0) is 140 Å². The number of carbonyl (C=O) groups excluding carboxylic acids is 4. The Hall–Kier alpha value is -3.76. The predicted octanol–water partition coefficient (Wildman–Crippen LogP) is 4.25. The maximum absolute atomic E-state index is 13.5. The average molecular weight is 629 g/mol. The number of nitrogens with zero attached hydrogens (tertiary/aromatic N) is 2. The molecule has 3 aliphatic carbocycles. The first kappa shape index (κ1) is 32.2. The number of piperidine rings is 2. The Morgan fingerprint density at radius 1 is 0.674 bits per heavy atom. The van der Waals surface area contributed by atoms with Crippen LogP contribution in [0.1, 0.15) is 84.9 Å². The van der Waals surface area contributed by atoms with Crippen molar-refractivity contribution < 1.29 is 19.2 Å². The van der Waals surface area contributed by atoms with Crippen molar-refractivity contribution in [1.29, 1.82) is 0 Å². The van der Waals surface area contributed by atoms with Gasteiger partial charge >= 0.3 is 0 Å². The van der Waals surface area contributed by atoms with Crippen LogP contribution in [0.3, 0.4) is 0 Å². The minimum Gasteiger partial charge on any atom is -0.348 e. The number of benzene rings is 2. The van der Waals surface area contributed by atoms with Gasteiger partial charge in [-0.15, -0.1) is 0 Å². The van der Waals surface area contributed by atoms with Crippen molar-refractivity contribution in [2.24, 2.45) is 11.3 Å². The van der Waals surface area contributed by atoms with Crippen molar-refractivity contribution in [3.63, 3.8) is 0 Å². The molecule has 2 atom stereocenters. The van der Waals surface area contributed by atoms with Crippen molar-refractivity contribution in [3.05, 3.63) is 59.7 Å². The first-order valence-electron chi connectivity index (χ1n) is 17.0. The number of anilines is 2. The Balaban J connectivity index is 0.978. The van der Waals surface area contributed by atoms with Crippen LogP contribution >= 0.6 is 0 Å². The van der Waals surface area contributed by atoms with Crippen LogP contribution in [0.4, 0.5) is 11.4 Å². The fraction of sp³-hybridized carbons (Fsp3) is 0.556. The minimum atomic E-state index is -0.442. The molecule has 2 aliphatic heterocycles. The highest BCUT2D eigenvalue weighted by Crippen LogP contribution is 2.53. The Morgan fingerprint density at radius 3 is 1.80 bits per heavy atom. The molecule has 10 nitrogen and oxygen atoms in total. The molecule has 5 fully saturated rings. The zero-order chi connectivity index (χ0) is 32.3. The smallest absolute Gasteiger partial charge is 0.251 e. The van der Waals surface area contributed by atoms with E-state index < -0.39 is 5.41 Å². The molecule has 2 aromatic rings. The van der Waals surface area contributed by atoms with Gasteiger partial charge in [-0.25, -0.2) is 0 Å². The van der Waals surface area contributed by atoms with Gasteiger partial charge < -0.3 is 31.1 Å². The largest absolute Gasteiger partial charge is 0.348 e. The first-order chi connectivity index (χ1) is 22.1. The SMILES string of the molecule is CN1CCCC(NC(=O)c2ccc(NC(=O)C34CCC(NC(=O)c5ccc(NC(=O)C6CCCN(C)C6)cc5)(CC3)CC4)cc2)C1. The number of rotatable bonds is 8. The molecule has 2 unspecified atom stereocenters. The predicted molar refractivity (Wildman–Crippen MR) is 179 cm³/mol. The average Bonchev–Trinajstić information content (AvgIpc) is 3.06. The number of hydrogen-bond donors (Lipinski definition) is 4. The Labute approximate surface area is 272 Å². The molecular weight excluding hydrogens is 580 g/mol. The standard InChI is InChI=1S/C36H48N6O4/c1-41-21-3-5-27(23-41)32(44)37-28-11-9-26(10-12-28)33(45)40-36-18-15-35(16-19-36,17-20-36)34(46)39-29-13-7-25(8-14-29)31(43)38-30-6-4-22-42(2)24-30/h7-14,27,30H,3-6,15-24H2,1-2H3,(H,37,44)(H,38,43)(H,39,46)(H,40,45). The van der Waals surface area contributed by atoms with Gasteiger partial charge in [-0.3, -0.25) is 19.2 Å². The van der Waals surface area contributed by atoms with Gasteiger partial charge in [0.15, 0.2) is 0 Å². The second-order valence-corrected chi connectivity index (χ2v) is 14.3. The number of likely N-dealkylation sites (tertiary alicyclic amines) is 2. The summed E-state index contributed by atoms with van der Waals surface area (Å²) in [4.78, 5) is 56.6. The van der Waals surface area contributed by atoms with Crippen molar-refractivity contribution in [2.75, 3.05) is 50.9 Å². The highest BCUT2D eigenvalue weighted by atomic mass is 16.2. The van der Waals surface area contributed by atoms with E-state index in [4.69, 9.17) is 0 Å². The molecule has 2 saturated heterocycles. The summed E-state index contributed by atoms with van der Waals surface area (Å²) >= 11 is 0. The number of nitrogens with one attached hydrogen (secondary N) is 4. The van der Waals surface area contributed by atoms with Crippen LogP contribution < -0.4 is 21.3 Å². The number of hydrogen-bond acceptors (Lipinski definition) is 6. The lowest BCUT2D eigenvalue weighted by molar-refractivity contribution is -0.132. The molecular formula is C36H48N6O4. The van der Waals surface area contributed by atoms with Crippen molar-refractivity contribution in [2.45, 2.75) is 75.8 Å². The van der Waals surface area contributed by atoms with E-state index in [1.807, 2.05) is 7.05 Å². The van der Waals surface area contributed by atoms with E-state index in [1.165, 1.54) is 0 Å². The third-order valence-electron chi connectivity index (χ3n) is 10.9. The summed E-state index contributed by atoms with van der Waals surface area (Å²) in [5.74, 6) is -0.167. The van der Waals surface area contributed by atoms with E-state index >= 15 is 0 Å². The Kier molecular flexibility index (Phi) is 9.47. The molecule has 2 heterocycles. The molecule has 0 spiro atoms. The summed E-state index contributed by atoms with van der Waals surface area (Å²) in [6.45, 7) is 3.72. The summed E-state index contributed by atoms with van der Waals surface area (Å²) in [6, 6.07) is 14.4.